The van der Waals surface area contributed by atoms with E-state index in [4.69, 9.17) is 34.5 Å². The van der Waals surface area contributed by atoms with Gasteiger partial charge in [0.2, 0.25) is 29.5 Å². The largest absolute Gasteiger partial charge is 0.481 e. The summed E-state index contributed by atoms with van der Waals surface area (Å²) in [4.78, 5) is 78.8. The Morgan fingerprint density at radius 1 is 0.792 bits per heavy atom. The van der Waals surface area contributed by atoms with Crippen molar-refractivity contribution in [1.29, 1.82) is 0 Å². The normalized spacial score (nSPS) is 20.8. The van der Waals surface area contributed by atoms with Gasteiger partial charge in [-0.1, -0.05) is 12.8 Å². The Labute approximate surface area is 287 Å². The highest BCUT2D eigenvalue weighted by atomic mass is 32.1. The molecule has 13 N–H and O–H groups in total. The smallest absolute Gasteiger partial charge is 0.305 e. The minimum absolute atomic E-state index is 0.0687. The van der Waals surface area contributed by atoms with Gasteiger partial charge in [0.15, 0.2) is 11.1 Å². The molecule has 1 aliphatic heterocycles. The molecule has 0 bridgehead atoms. The fourth-order valence-corrected chi connectivity index (χ4v) is 5.08. The highest BCUT2D eigenvalue weighted by molar-refractivity contribution is 7.80. The van der Waals surface area contributed by atoms with Gasteiger partial charge < -0.3 is 54.2 Å². The molecule has 272 valence electrons. The minimum Gasteiger partial charge on any atom is -0.481 e. The van der Waals surface area contributed by atoms with Gasteiger partial charge >= 0.3 is 5.97 Å². The van der Waals surface area contributed by atoms with Crippen LogP contribution in [-0.4, -0.2) is 96.0 Å². The fourth-order valence-electron chi connectivity index (χ4n) is 4.87. The average molecular weight is 699 g/mol. The zero-order chi connectivity index (χ0) is 35.7. The van der Waals surface area contributed by atoms with Gasteiger partial charge in [-0.2, -0.15) is 0 Å². The van der Waals surface area contributed by atoms with Crippen LogP contribution in [0.3, 0.4) is 0 Å². The lowest BCUT2D eigenvalue weighted by molar-refractivity contribution is -0.137. The fraction of sp³-hybridized carbons (Fsp3) is 0.733. The molecule has 0 aromatic rings. The van der Waals surface area contributed by atoms with Crippen LogP contribution in [0.4, 0.5) is 0 Å². The number of hydrogen-bond acceptors (Lipinski definition) is 8. The molecule has 0 aromatic carbocycles. The van der Waals surface area contributed by atoms with E-state index in [1.54, 1.807) is 0 Å². The molecule has 0 unspecified atom stereocenters. The first-order valence-corrected chi connectivity index (χ1v) is 17.0. The summed E-state index contributed by atoms with van der Waals surface area (Å²) in [5.74, 6) is -3.34. The van der Waals surface area contributed by atoms with Crippen LogP contribution in [0.2, 0.25) is 0 Å². The summed E-state index contributed by atoms with van der Waals surface area (Å²) in [5, 5.41) is 25.8. The summed E-state index contributed by atoms with van der Waals surface area (Å²) in [5.41, 5.74) is 16.4. The summed E-state index contributed by atoms with van der Waals surface area (Å²) in [7, 11) is 0. The summed E-state index contributed by atoms with van der Waals surface area (Å²) in [6.07, 6.45) is 6.42. The molecule has 1 saturated heterocycles. The second-order valence-corrected chi connectivity index (χ2v) is 12.1. The zero-order valence-electron chi connectivity index (χ0n) is 27.7. The predicted octanol–water partition coefficient (Wildman–Crippen LogP) is -1.27. The van der Waals surface area contributed by atoms with E-state index in [0.29, 0.717) is 69.6 Å². The van der Waals surface area contributed by atoms with Crippen molar-refractivity contribution < 1.29 is 33.9 Å². The first-order chi connectivity index (χ1) is 22.9. The summed E-state index contributed by atoms with van der Waals surface area (Å²) in [6, 6.07) is -3.01. The second kappa shape index (κ2) is 24.9. The molecule has 0 aromatic heterocycles. The van der Waals surface area contributed by atoms with Crippen molar-refractivity contribution in [2.24, 2.45) is 22.2 Å². The third-order valence-corrected chi connectivity index (χ3v) is 7.81. The molecule has 17 nitrogen and oxygen atoms in total. The lowest BCUT2D eigenvalue weighted by Gasteiger charge is -2.25. The van der Waals surface area contributed by atoms with Crippen LogP contribution in [0, 0.1) is 0 Å². The number of nitrogens with one attached hydrogen (secondary N) is 6. The summed E-state index contributed by atoms with van der Waals surface area (Å²) in [6.45, 7) is 1.26. The van der Waals surface area contributed by atoms with E-state index in [0.717, 1.165) is 12.8 Å². The molecule has 3 atom stereocenters. The molecule has 18 heteroatoms. The Bertz CT molecular complexity index is 1100. The van der Waals surface area contributed by atoms with E-state index >= 15 is 0 Å². The monoisotopic (exact) mass is 698 g/mol. The Morgan fingerprint density at radius 3 is 2.08 bits per heavy atom. The maximum absolute atomic E-state index is 13.5. The lowest BCUT2D eigenvalue weighted by atomic mass is 10.0. The van der Waals surface area contributed by atoms with Crippen LogP contribution in [-0.2, 0) is 28.8 Å². The maximum atomic E-state index is 13.5. The summed E-state index contributed by atoms with van der Waals surface area (Å²) < 4.78 is 0. The Morgan fingerprint density at radius 2 is 1.42 bits per heavy atom. The molecule has 1 aliphatic rings. The van der Waals surface area contributed by atoms with E-state index < -0.39 is 41.8 Å². The molecule has 5 amide bonds. The number of guanidine groups is 1. The van der Waals surface area contributed by atoms with Crippen LogP contribution in [0.15, 0.2) is 4.99 Å². The third kappa shape index (κ3) is 20.8. The highest BCUT2D eigenvalue weighted by Gasteiger charge is 2.29. The Balaban J connectivity index is 3.05. The van der Waals surface area contributed by atoms with E-state index in [-0.39, 0.29) is 63.0 Å². The number of rotatable bonds is 13. The van der Waals surface area contributed by atoms with Crippen molar-refractivity contribution >= 4 is 58.8 Å². The first kappa shape index (κ1) is 41.8. The number of carboxylic acid groups (broad SMARTS) is 1. The Kier molecular flexibility index (Phi) is 21.7. The number of primary amides is 1. The maximum Gasteiger partial charge on any atom is 0.305 e. The quantitative estimate of drug-likeness (QED) is 0.0466. The molecular weight excluding hydrogens is 644 g/mol. The minimum atomic E-state index is -1.05. The SMILES string of the molecule is NC(=O)[C@@H]1CCCCNC(=O)CCCCCCC(=O)N[C@@H](CCCN=C(N)N)C(=O)N[C@@H](CCCCNC(=S)NCCC(=O)O)C(=O)N1. The number of carbonyl (C=O) groups excluding carboxylic acids is 5. The van der Waals surface area contributed by atoms with E-state index in [1.807, 2.05) is 0 Å². The third-order valence-electron chi connectivity index (χ3n) is 7.52. The van der Waals surface area contributed by atoms with Crippen molar-refractivity contribution in [3.05, 3.63) is 0 Å². The molecule has 1 fully saturated rings. The molecule has 1 heterocycles. The molecule has 0 saturated carbocycles. The number of unbranched alkanes of at least 4 members (excludes halogenated alkanes) is 1. The van der Waals surface area contributed by atoms with Gasteiger partial charge in [-0.15, -0.1) is 0 Å². The van der Waals surface area contributed by atoms with E-state index in [2.05, 4.69) is 36.9 Å². The van der Waals surface area contributed by atoms with Gasteiger partial charge in [0.05, 0.1) is 6.42 Å². The van der Waals surface area contributed by atoms with Crippen LogP contribution in [0.1, 0.15) is 96.3 Å². The topological polar surface area (TPSA) is 285 Å². The molecule has 48 heavy (non-hydrogen) atoms. The number of carbonyl (C=O) groups is 6. The predicted molar refractivity (Wildman–Crippen MR) is 184 cm³/mol. The number of carboxylic acids is 1. The number of hydrogen-bond donors (Lipinski definition) is 10. The molecular formula is C30H54N10O7S. The van der Waals surface area contributed by atoms with Gasteiger partial charge in [-0.25, -0.2) is 0 Å². The zero-order valence-corrected chi connectivity index (χ0v) is 28.5. The molecule has 0 radical (unpaired) electrons. The molecule has 0 spiro atoms. The van der Waals surface area contributed by atoms with Crippen molar-refractivity contribution in [2.45, 2.75) is 114 Å². The van der Waals surface area contributed by atoms with Crippen molar-refractivity contribution in [3.63, 3.8) is 0 Å². The van der Waals surface area contributed by atoms with Crippen molar-refractivity contribution in [2.75, 3.05) is 26.2 Å². The van der Waals surface area contributed by atoms with Crippen LogP contribution >= 0.6 is 12.2 Å². The number of thiocarbonyl (C=S) groups is 1. The Hall–Kier alpha value is -4.22. The van der Waals surface area contributed by atoms with Crippen LogP contribution in [0.5, 0.6) is 0 Å². The van der Waals surface area contributed by atoms with Gasteiger partial charge in [0.1, 0.15) is 18.1 Å². The van der Waals surface area contributed by atoms with Crippen molar-refractivity contribution in [3.8, 4) is 0 Å². The number of nitrogens with zero attached hydrogens (tertiary/aromatic N) is 1. The molecule has 1 rings (SSSR count). The average Bonchev–Trinajstić information content (AvgIpc) is 3.01. The first-order valence-electron chi connectivity index (χ1n) is 16.6. The van der Waals surface area contributed by atoms with Crippen molar-refractivity contribution in [1.82, 2.24) is 31.9 Å². The van der Waals surface area contributed by atoms with Crippen LogP contribution in [0.25, 0.3) is 0 Å². The van der Waals surface area contributed by atoms with Gasteiger partial charge in [0, 0.05) is 39.0 Å². The van der Waals surface area contributed by atoms with Gasteiger partial charge in [0.25, 0.3) is 0 Å². The van der Waals surface area contributed by atoms with Gasteiger partial charge in [-0.3, -0.25) is 33.8 Å². The van der Waals surface area contributed by atoms with E-state index in [9.17, 15) is 28.8 Å². The van der Waals surface area contributed by atoms with Gasteiger partial charge in [-0.05, 0) is 76.4 Å². The summed E-state index contributed by atoms with van der Waals surface area (Å²) >= 11 is 5.14. The van der Waals surface area contributed by atoms with Crippen LogP contribution < -0.4 is 49.1 Å². The lowest BCUT2D eigenvalue weighted by Crippen LogP contribution is -2.56. The number of nitrogens with two attached hydrogens (primary N) is 3. The number of amides is 5. The van der Waals surface area contributed by atoms with E-state index in [1.165, 1.54) is 0 Å². The highest BCUT2D eigenvalue weighted by Crippen LogP contribution is 2.10. The standard InChI is InChI=1S/C30H54N10O7S/c31-26(45)20-10-5-7-16-34-23(41)13-3-1-2-4-14-24(42)38-21(12-9-18-35-29(32)33)27(46)40-22(28(47)39-20)11-6-8-17-36-30(48)37-19-15-25(43)44/h20-22H,1-19H2,(H2,31,45)(H,34,41)(H,38,42)(H,39,47)(H,40,46)(H,43,44)(H4,32,33,35)(H2,36,37,48)/t20-,21-,22-/m0/s1. The number of aliphatic imine (C=N–C) groups is 1. The second-order valence-electron chi connectivity index (χ2n) is 11.7. The number of aliphatic carboxylic acids is 1. The molecule has 0 aliphatic carbocycles.